The van der Waals surface area contributed by atoms with Crippen molar-refractivity contribution in [3.63, 3.8) is 0 Å². The van der Waals surface area contributed by atoms with Crippen molar-refractivity contribution in [3.05, 3.63) is 27.8 Å². The van der Waals surface area contributed by atoms with Gasteiger partial charge >= 0.3 is 0 Å². The van der Waals surface area contributed by atoms with E-state index in [1.165, 1.54) is 0 Å². The van der Waals surface area contributed by atoms with E-state index >= 15 is 0 Å². The van der Waals surface area contributed by atoms with Crippen LogP contribution in [0, 0.1) is 5.82 Å². The van der Waals surface area contributed by atoms with Crippen LogP contribution in [0.2, 0.25) is 10.2 Å². The van der Waals surface area contributed by atoms with E-state index in [9.17, 15) is 13.2 Å². The summed E-state index contributed by atoms with van der Waals surface area (Å²) in [6, 6.07) is 0.554. The standard InChI is InChI=1S/C6H2Cl2F3N/c7-4-2(9)1-3(6(10)11)12-5(4)8/h1,6H. The molecule has 66 valence electrons. The maximum atomic E-state index is 12.6. The van der Waals surface area contributed by atoms with Crippen LogP contribution in [0.3, 0.4) is 0 Å². The van der Waals surface area contributed by atoms with Crippen molar-refractivity contribution in [2.45, 2.75) is 6.43 Å². The maximum absolute atomic E-state index is 12.6. The summed E-state index contributed by atoms with van der Waals surface area (Å²) < 4.78 is 36.5. The van der Waals surface area contributed by atoms with Crippen LogP contribution in [0.15, 0.2) is 6.07 Å². The molecule has 0 radical (unpaired) electrons. The summed E-state index contributed by atoms with van der Waals surface area (Å²) >= 11 is 10.5. The summed E-state index contributed by atoms with van der Waals surface area (Å²) in [4.78, 5) is 3.18. The fraction of sp³-hybridized carbons (Fsp3) is 0.167. The summed E-state index contributed by atoms with van der Waals surface area (Å²) in [6.45, 7) is 0. The zero-order valence-corrected chi connectivity index (χ0v) is 7.00. The molecule has 0 aliphatic heterocycles. The first-order valence-corrected chi connectivity index (χ1v) is 3.57. The molecule has 0 aliphatic rings. The minimum Gasteiger partial charge on any atom is -0.233 e. The van der Waals surface area contributed by atoms with Crippen LogP contribution in [0.1, 0.15) is 12.1 Å². The van der Waals surface area contributed by atoms with E-state index in [4.69, 9.17) is 23.2 Å². The largest absolute Gasteiger partial charge is 0.280 e. The van der Waals surface area contributed by atoms with E-state index in [1.807, 2.05) is 0 Å². The highest BCUT2D eigenvalue weighted by atomic mass is 35.5. The lowest BCUT2D eigenvalue weighted by Crippen LogP contribution is -1.93. The second-order valence-corrected chi connectivity index (χ2v) is 2.67. The summed E-state index contributed by atoms with van der Waals surface area (Å²) in [6.07, 6.45) is -2.85. The lowest BCUT2D eigenvalue weighted by Gasteiger charge is -2.01. The van der Waals surface area contributed by atoms with E-state index in [0.29, 0.717) is 6.07 Å². The van der Waals surface area contributed by atoms with Crippen LogP contribution in [-0.2, 0) is 0 Å². The number of rotatable bonds is 1. The minimum absolute atomic E-state index is 0.443. The first-order chi connectivity index (χ1) is 5.52. The molecule has 0 spiro atoms. The number of nitrogens with zero attached hydrogens (tertiary/aromatic N) is 1. The highest BCUT2D eigenvalue weighted by Crippen LogP contribution is 2.27. The second kappa shape index (κ2) is 3.49. The Morgan fingerprint density at radius 2 is 1.92 bits per heavy atom. The Labute approximate surface area is 76.1 Å². The molecule has 6 heteroatoms. The van der Waals surface area contributed by atoms with Gasteiger partial charge in [0.05, 0.1) is 0 Å². The van der Waals surface area contributed by atoms with Gasteiger partial charge in [0, 0.05) is 6.07 Å². The first kappa shape index (κ1) is 9.61. The molecule has 0 N–H and O–H groups in total. The molecule has 0 atom stereocenters. The maximum Gasteiger partial charge on any atom is 0.280 e. The molecular formula is C6H2Cl2F3N. The van der Waals surface area contributed by atoms with Crippen LogP contribution in [0.25, 0.3) is 0 Å². The Bertz CT molecular complexity index is 280. The van der Waals surface area contributed by atoms with Crippen molar-refractivity contribution in [2.75, 3.05) is 0 Å². The highest BCUT2D eigenvalue weighted by Gasteiger charge is 2.14. The molecule has 0 bridgehead atoms. The number of halogens is 5. The molecule has 0 aromatic carbocycles. The third-order valence-electron chi connectivity index (χ3n) is 1.12. The SMILES string of the molecule is Fc1cc(C(F)F)nc(Cl)c1Cl. The zero-order chi connectivity index (χ0) is 9.30. The molecule has 0 saturated heterocycles. The number of hydrogen-bond donors (Lipinski definition) is 0. The smallest absolute Gasteiger partial charge is 0.233 e. The predicted molar refractivity (Wildman–Crippen MR) is 39.2 cm³/mol. The van der Waals surface area contributed by atoms with Crippen molar-refractivity contribution in [2.24, 2.45) is 0 Å². The van der Waals surface area contributed by atoms with Crippen LogP contribution in [-0.4, -0.2) is 4.98 Å². The fourth-order valence-corrected chi connectivity index (χ4v) is 0.883. The average molecular weight is 216 g/mol. The van der Waals surface area contributed by atoms with Crippen molar-refractivity contribution in [1.82, 2.24) is 4.98 Å². The van der Waals surface area contributed by atoms with Gasteiger partial charge in [-0.15, -0.1) is 0 Å². The average Bonchev–Trinajstić information content (AvgIpc) is 1.99. The number of hydrogen-bond acceptors (Lipinski definition) is 1. The number of alkyl halides is 2. The van der Waals surface area contributed by atoms with Gasteiger partial charge in [-0.1, -0.05) is 23.2 Å². The van der Waals surface area contributed by atoms with Gasteiger partial charge in [-0.2, -0.15) is 0 Å². The molecule has 1 rings (SSSR count). The monoisotopic (exact) mass is 215 g/mol. The zero-order valence-electron chi connectivity index (χ0n) is 5.49. The van der Waals surface area contributed by atoms with Crippen molar-refractivity contribution < 1.29 is 13.2 Å². The van der Waals surface area contributed by atoms with E-state index < -0.39 is 28.1 Å². The Kier molecular flexibility index (Phi) is 2.80. The molecule has 1 aromatic heterocycles. The van der Waals surface area contributed by atoms with Crippen LogP contribution in [0.5, 0.6) is 0 Å². The molecule has 1 nitrogen and oxygen atoms in total. The van der Waals surface area contributed by atoms with Gasteiger partial charge < -0.3 is 0 Å². The molecule has 0 aliphatic carbocycles. The lowest BCUT2D eigenvalue weighted by atomic mass is 10.3. The van der Waals surface area contributed by atoms with E-state index in [1.54, 1.807) is 0 Å². The normalized spacial score (nSPS) is 10.8. The first-order valence-electron chi connectivity index (χ1n) is 2.82. The Hall–Kier alpha value is -0.480. The fourth-order valence-electron chi connectivity index (χ4n) is 0.598. The van der Waals surface area contributed by atoms with E-state index in [2.05, 4.69) is 4.98 Å². The quantitative estimate of drug-likeness (QED) is 0.655. The van der Waals surface area contributed by atoms with Gasteiger partial charge in [0.1, 0.15) is 16.5 Å². The third-order valence-corrected chi connectivity index (χ3v) is 1.85. The van der Waals surface area contributed by atoms with E-state index in [0.717, 1.165) is 0 Å². The minimum atomic E-state index is -2.85. The van der Waals surface area contributed by atoms with Gasteiger partial charge in [-0.05, 0) is 0 Å². The van der Waals surface area contributed by atoms with Crippen LogP contribution in [0.4, 0.5) is 13.2 Å². The number of aromatic nitrogens is 1. The Balaban J connectivity index is 3.21. The highest BCUT2D eigenvalue weighted by molar-refractivity contribution is 6.41. The van der Waals surface area contributed by atoms with Gasteiger partial charge in [-0.3, -0.25) is 0 Å². The predicted octanol–water partition coefficient (Wildman–Crippen LogP) is 3.47. The molecular weight excluding hydrogens is 214 g/mol. The van der Waals surface area contributed by atoms with Crippen molar-refractivity contribution in [3.8, 4) is 0 Å². The van der Waals surface area contributed by atoms with Crippen LogP contribution < -0.4 is 0 Å². The van der Waals surface area contributed by atoms with Gasteiger partial charge in [0.2, 0.25) is 0 Å². The second-order valence-electron chi connectivity index (χ2n) is 1.93. The molecule has 0 amide bonds. The molecule has 1 aromatic rings. The summed E-state index contributed by atoms with van der Waals surface area (Å²) in [5.74, 6) is -0.994. The van der Waals surface area contributed by atoms with Gasteiger partial charge in [0.15, 0.2) is 5.15 Å². The third kappa shape index (κ3) is 1.81. The molecule has 1 heterocycles. The van der Waals surface area contributed by atoms with Gasteiger partial charge in [0.25, 0.3) is 6.43 Å². The Morgan fingerprint density at radius 3 is 2.33 bits per heavy atom. The molecule has 12 heavy (non-hydrogen) atoms. The van der Waals surface area contributed by atoms with Gasteiger partial charge in [-0.25, -0.2) is 18.2 Å². The molecule has 0 saturated carbocycles. The molecule has 0 unspecified atom stereocenters. The van der Waals surface area contributed by atoms with Crippen molar-refractivity contribution >= 4 is 23.2 Å². The van der Waals surface area contributed by atoms with Crippen molar-refractivity contribution in [1.29, 1.82) is 0 Å². The lowest BCUT2D eigenvalue weighted by molar-refractivity contribution is 0.145. The topological polar surface area (TPSA) is 12.9 Å². The summed E-state index contributed by atoms with van der Waals surface area (Å²) in [7, 11) is 0. The number of pyridine rings is 1. The Morgan fingerprint density at radius 1 is 1.33 bits per heavy atom. The van der Waals surface area contributed by atoms with Crippen LogP contribution >= 0.6 is 23.2 Å². The summed E-state index contributed by atoms with van der Waals surface area (Å²) in [5, 5.41) is -0.895. The molecule has 0 fully saturated rings. The summed E-state index contributed by atoms with van der Waals surface area (Å²) in [5.41, 5.74) is -0.720. The van der Waals surface area contributed by atoms with E-state index in [-0.39, 0.29) is 0 Å².